The van der Waals surface area contributed by atoms with Crippen LogP contribution in [0.25, 0.3) is 0 Å². The van der Waals surface area contributed by atoms with Crippen LogP contribution in [0.5, 0.6) is 5.75 Å². The minimum absolute atomic E-state index is 0.183. The number of benzene rings is 1. The lowest BCUT2D eigenvalue weighted by atomic mass is 10.1. The fourth-order valence-corrected chi connectivity index (χ4v) is 3.17. The van der Waals surface area contributed by atoms with Crippen LogP contribution in [-0.2, 0) is 4.79 Å². The molecule has 1 fully saturated rings. The Labute approximate surface area is 145 Å². The zero-order valence-electron chi connectivity index (χ0n) is 14.8. The number of nitrogens with two attached hydrogens (primary N) is 1. The Morgan fingerprint density at radius 3 is 2.96 bits per heavy atom. The summed E-state index contributed by atoms with van der Waals surface area (Å²) in [5.41, 5.74) is 6.66. The Balaban J connectivity index is 1.65. The molecule has 1 aliphatic rings. The fourth-order valence-electron chi connectivity index (χ4n) is 3.17. The molecule has 1 aromatic carbocycles. The van der Waals surface area contributed by atoms with E-state index in [1.165, 1.54) is 5.69 Å². The van der Waals surface area contributed by atoms with Gasteiger partial charge >= 0.3 is 0 Å². The molecule has 1 aromatic rings. The van der Waals surface area contributed by atoms with Gasteiger partial charge in [0, 0.05) is 37.8 Å². The van der Waals surface area contributed by atoms with Gasteiger partial charge in [0.25, 0.3) is 0 Å². The van der Waals surface area contributed by atoms with Crippen LogP contribution in [-0.4, -0.2) is 39.2 Å². The van der Waals surface area contributed by atoms with Crippen molar-refractivity contribution < 1.29 is 9.53 Å². The quantitative estimate of drug-likeness (QED) is 0.646. The number of hydrogen-bond acceptors (Lipinski definition) is 4. The van der Waals surface area contributed by atoms with Gasteiger partial charge in [-0.05, 0) is 43.9 Å². The standard InChI is InChI=1S/C19H31N3O2/c1-24-18-8-6-7-17(13-18)22-12-10-16(15-22)14-21-19(23)9-4-2-3-5-11-20/h6-8,13,16H,2-5,9-12,14-15,20H2,1H3,(H,21,23). The van der Waals surface area contributed by atoms with Crippen LogP contribution in [0.4, 0.5) is 5.69 Å². The molecular formula is C19H31N3O2. The van der Waals surface area contributed by atoms with Crippen LogP contribution in [0.2, 0.25) is 0 Å². The van der Waals surface area contributed by atoms with Crippen molar-refractivity contribution in [2.45, 2.75) is 38.5 Å². The summed E-state index contributed by atoms with van der Waals surface area (Å²) >= 11 is 0. The predicted octanol–water partition coefficient (Wildman–Crippen LogP) is 2.55. The third-order valence-electron chi connectivity index (χ3n) is 4.65. The molecule has 1 aliphatic heterocycles. The molecule has 0 aliphatic carbocycles. The summed E-state index contributed by atoms with van der Waals surface area (Å²) in [6, 6.07) is 8.17. The van der Waals surface area contributed by atoms with Crippen LogP contribution in [0, 0.1) is 5.92 Å². The Hall–Kier alpha value is -1.75. The molecule has 134 valence electrons. The lowest BCUT2D eigenvalue weighted by Gasteiger charge is -2.19. The molecule has 2 rings (SSSR count). The number of carbonyl (C=O) groups is 1. The highest BCUT2D eigenvalue weighted by Gasteiger charge is 2.23. The first-order chi connectivity index (χ1) is 11.7. The van der Waals surface area contributed by atoms with E-state index in [-0.39, 0.29) is 5.91 Å². The second-order valence-electron chi connectivity index (χ2n) is 6.56. The van der Waals surface area contributed by atoms with E-state index in [0.717, 1.165) is 64.0 Å². The van der Waals surface area contributed by atoms with Gasteiger partial charge in [0.05, 0.1) is 7.11 Å². The van der Waals surface area contributed by atoms with Crippen LogP contribution in [0.3, 0.4) is 0 Å². The third-order valence-corrected chi connectivity index (χ3v) is 4.65. The van der Waals surface area contributed by atoms with Gasteiger partial charge < -0.3 is 20.7 Å². The molecule has 5 heteroatoms. The van der Waals surface area contributed by atoms with E-state index >= 15 is 0 Å². The van der Waals surface area contributed by atoms with E-state index in [4.69, 9.17) is 10.5 Å². The molecule has 1 unspecified atom stereocenters. The molecule has 1 saturated heterocycles. The molecule has 1 heterocycles. The average molecular weight is 333 g/mol. The molecule has 0 radical (unpaired) electrons. The number of carbonyl (C=O) groups excluding carboxylic acids is 1. The summed E-state index contributed by atoms with van der Waals surface area (Å²) in [5, 5.41) is 3.10. The highest BCUT2D eigenvalue weighted by molar-refractivity contribution is 5.75. The number of unbranched alkanes of at least 4 members (excludes halogenated alkanes) is 3. The van der Waals surface area contributed by atoms with Gasteiger partial charge in [0.2, 0.25) is 5.91 Å². The maximum Gasteiger partial charge on any atom is 0.220 e. The van der Waals surface area contributed by atoms with Crippen LogP contribution in [0.1, 0.15) is 38.5 Å². The summed E-state index contributed by atoms with van der Waals surface area (Å²) in [7, 11) is 1.69. The molecule has 0 bridgehead atoms. The number of ether oxygens (including phenoxy) is 1. The first kappa shape index (κ1) is 18.6. The maximum atomic E-state index is 11.9. The number of methoxy groups -OCH3 is 1. The first-order valence-corrected chi connectivity index (χ1v) is 9.08. The normalized spacial score (nSPS) is 17.1. The number of rotatable bonds is 10. The van der Waals surface area contributed by atoms with Crippen molar-refractivity contribution >= 4 is 11.6 Å². The van der Waals surface area contributed by atoms with Crippen molar-refractivity contribution in [1.29, 1.82) is 0 Å². The number of hydrogen-bond donors (Lipinski definition) is 2. The molecule has 1 amide bonds. The van der Waals surface area contributed by atoms with Crippen molar-refractivity contribution in [3.05, 3.63) is 24.3 Å². The zero-order valence-corrected chi connectivity index (χ0v) is 14.8. The van der Waals surface area contributed by atoms with Crippen molar-refractivity contribution in [2.24, 2.45) is 11.7 Å². The third kappa shape index (κ3) is 6.04. The van der Waals surface area contributed by atoms with Crippen LogP contribution in [0.15, 0.2) is 24.3 Å². The maximum absolute atomic E-state index is 11.9. The minimum Gasteiger partial charge on any atom is -0.497 e. The minimum atomic E-state index is 0.183. The van der Waals surface area contributed by atoms with Gasteiger partial charge in [-0.15, -0.1) is 0 Å². The lowest BCUT2D eigenvalue weighted by molar-refractivity contribution is -0.121. The molecular weight excluding hydrogens is 302 g/mol. The molecule has 5 nitrogen and oxygen atoms in total. The SMILES string of the molecule is COc1cccc(N2CCC(CNC(=O)CCCCCCN)C2)c1. The Morgan fingerprint density at radius 2 is 2.17 bits per heavy atom. The van der Waals surface area contributed by atoms with Gasteiger partial charge in [-0.1, -0.05) is 18.9 Å². The van der Waals surface area contributed by atoms with Gasteiger partial charge in [0.1, 0.15) is 5.75 Å². The largest absolute Gasteiger partial charge is 0.497 e. The van der Waals surface area contributed by atoms with Crippen molar-refractivity contribution in [3.63, 3.8) is 0 Å². The van der Waals surface area contributed by atoms with Crippen LogP contribution >= 0.6 is 0 Å². The monoisotopic (exact) mass is 333 g/mol. The summed E-state index contributed by atoms with van der Waals surface area (Å²) in [4.78, 5) is 14.3. The first-order valence-electron chi connectivity index (χ1n) is 9.08. The lowest BCUT2D eigenvalue weighted by Crippen LogP contribution is -2.30. The number of nitrogens with zero attached hydrogens (tertiary/aromatic N) is 1. The van der Waals surface area contributed by atoms with Gasteiger partial charge in [-0.25, -0.2) is 0 Å². The number of anilines is 1. The van der Waals surface area contributed by atoms with E-state index in [2.05, 4.69) is 22.3 Å². The van der Waals surface area contributed by atoms with Crippen molar-refractivity contribution in [3.8, 4) is 5.75 Å². The van der Waals surface area contributed by atoms with E-state index in [0.29, 0.717) is 12.3 Å². The number of amides is 1. The van der Waals surface area contributed by atoms with E-state index in [1.807, 2.05) is 12.1 Å². The number of nitrogens with one attached hydrogen (secondary N) is 1. The molecule has 0 saturated carbocycles. The Bertz CT molecular complexity index is 507. The van der Waals surface area contributed by atoms with E-state index in [9.17, 15) is 4.79 Å². The molecule has 3 N–H and O–H groups in total. The van der Waals surface area contributed by atoms with Gasteiger partial charge in [-0.3, -0.25) is 4.79 Å². The zero-order chi connectivity index (χ0) is 17.2. The predicted molar refractivity (Wildman–Crippen MR) is 98.5 cm³/mol. The Kier molecular flexibility index (Phi) is 7.89. The average Bonchev–Trinajstić information content (AvgIpc) is 3.09. The van der Waals surface area contributed by atoms with Gasteiger partial charge in [0.15, 0.2) is 0 Å². The summed E-state index contributed by atoms with van der Waals surface area (Å²) in [5.74, 6) is 1.60. The van der Waals surface area contributed by atoms with E-state index in [1.54, 1.807) is 7.11 Å². The van der Waals surface area contributed by atoms with Crippen molar-refractivity contribution in [2.75, 3.05) is 38.2 Å². The van der Waals surface area contributed by atoms with Crippen molar-refractivity contribution in [1.82, 2.24) is 5.32 Å². The summed E-state index contributed by atoms with van der Waals surface area (Å²) < 4.78 is 5.29. The molecule has 0 aromatic heterocycles. The second kappa shape index (κ2) is 10.2. The highest BCUT2D eigenvalue weighted by Crippen LogP contribution is 2.26. The fraction of sp³-hybridized carbons (Fsp3) is 0.632. The van der Waals surface area contributed by atoms with Crippen LogP contribution < -0.4 is 20.7 Å². The second-order valence-corrected chi connectivity index (χ2v) is 6.56. The summed E-state index contributed by atoms with van der Waals surface area (Å²) in [6.45, 7) is 3.55. The topological polar surface area (TPSA) is 67.6 Å². The molecule has 0 spiro atoms. The Morgan fingerprint density at radius 1 is 1.33 bits per heavy atom. The molecule has 1 atom stereocenters. The van der Waals surface area contributed by atoms with Gasteiger partial charge in [-0.2, -0.15) is 0 Å². The summed E-state index contributed by atoms with van der Waals surface area (Å²) in [6.07, 6.45) is 6.00. The molecule has 24 heavy (non-hydrogen) atoms. The van der Waals surface area contributed by atoms with E-state index < -0.39 is 0 Å². The smallest absolute Gasteiger partial charge is 0.220 e. The highest BCUT2D eigenvalue weighted by atomic mass is 16.5.